The zero-order chi connectivity index (χ0) is 23.2. The summed E-state index contributed by atoms with van der Waals surface area (Å²) in [6, 6.07) is 10.6. The minimum absolute atomic E-state index is 0.0581. The molecule has 6 nitrogen and oxygen atoms in total. The Bertz CT molecular complexity index is 971. The maximum Gasteiger partial charge on any atom is 0.387 e. The predicted molar refractivity (Wildman–Crippen MR) is 109 cm³/mol. The van der Waals surface area contributed by atoms with Crippen LogP contribution in [0.1, 0.15) is 19.4 Å². The van der Waals surface area contributed by atoms with Crippen LogP contribution in [0.5, 0.6) is 5.75 Å². The fourth-order valence-electron chi connectivity index (χ4n) is 2.57. The van der Waals surface area contributed by atoms with E-state index in [9.17, 15) is 22.4 Å². The van der Waals surface area contributed by atoms with E-state index in [1.54, 1.807) is 0 Å². The third kappa shape index (κ3) is 6.73. The summed E-state index contributed by atoms with van der Waals surface area (Å²) in [7, 11) is 1.27. The number of halogens is 4. The molecular weight excluding hydrogens is 418 g/mol. The van der Waals surface area contributed by atoms with Gasteiger partial charge in [-0.1, -0.05) is 12.1 Å². The predicted octanol–water partition coefficient (Wildman–Crippen LogP) is 5.35. The molecule has 0 spiro atoms. The Morgan fingerprint density at radius 2 is 1.71 bits per heavy atom. The highest BCUT2D eigenvalue weighted by atomic mass is 19.3. The smallest absolute Gasteiger partial charge is 0.387 e. The first-order chi connectivity index (χ1) is 14.5. The van der Waals surface area contributed by atoms with E-state index in [0.717, 1.165) is 13.0 Å². The molecule has 0 unspecified atom stereocenters. The van der Waals surface area contributed by atoms with Crippen molar-refractivity contribution in [2.45, 2.75) is 26.4 Å². The van der Waals surface area contributed by atoms with Crippen molar-refractivity contribution in [3.63, 3.8) is 0 Å². The summed E-state index contributed by atoms with van der Waals surface area (Å²) in [5.74, 6) is -4.00. The fraction of sp³-hybridized carbons (Fsp3) is 0.238. The molecule has 2 aromatic rings. The van der Waals surface area contributed by atoms with Gasteiger partial charge in [0, 0.05) is 29.6 Å². The molecule has 0 radical (unpaired) electrons. The Morgan fingerprint density at radius 3 is 2.23 bits per heavy atom. The summed E-state index contributed by atoms with van der Waals surface area (Å²) < 4.78 is 61.1. The molecule has 3 N–H and O–H groups in total. The number of benzene rings is 2. The molecule has 2 rings (SSSR count). The van der Waals surface area contributed by atoms with Crippen LogP contribution in [0, 0.1) is 5.41 Å². The lowest BCUT2D eigenvalue weighted by Crippen LogP contribution is -2.23. The van der Waals surface area contributed by atoms with Crippen LogP contribution in [-0.4, -0.2) is 25.3 Å². The molecule has 31 heavy (non-hydrogen) atoms. The molecule has 0 aliphatic heterocycles. The number of hydrogen-bond donors (Lipinski definition) is 3. The van der Waals surface area contributed by atoms with Gasteiger partial charge in [0.2, 0.25) is 5.88 Å². The van der Waals surface area contributed by atoms with E-state index in [0.29, 0.717) is 5.69 Å². The molecule has 0 bridgehead atoms. The van der Waals surface area contributed by atoms with Gasteiger partial charge >= 0.3 is 6.61 Å². The van der Waals surface area contributed by atoms with Gasteiger partial charge in [0.25, 0.3) is 11.8 Å². The van der Waals surface area contributed by atoms with Crippen molar-refractivity contribution < 1.29 is 31.8 Å². The summed E-state index contributed by atoms with van der Waals surface area (Å²) in [5.41, 5.74) is -0.122. The largest absolute Gasteiger partial charge is 0.482 e. The molecule has 2 aromatic carbocycles. The number of hydrogen-bond acceptors (Lipinski definition) is 5. The molecule has 10 heteroatoms. The second-order valence-electron chi connectivity index (χ2n) is 6.48. The van der Waals surface area contributed by atoms with Crippen molar-refractivity contribution in [1.29, 1.82) is 5.41 Å². The molecule has 0 fully saturated rings. The Hall–Kier alpha value is -3.56. The Balaban J connectivity index is 2.28. The topological polar surface area (TPSA) is 83.4 Å². The van der Waals surface area contributed by atoms with E-state index in [2.05, 4.69) is 15.4 Å². The molecule has 166 valence electrons. The van der Waals surface area contributed by atoms with Gasteiger partial charge < -0.3 is 25.5 Å². The van der Waals surface area contributed by atoms with Crippen LogP contribution >= 0.6 is 0 Å². The molecule has 1 amide bonds. The average molecular weight is 439 g/mol. The lowest BCUT2D eigenvalue weighted by Gasteiger charge is -2.17. The van der Waals surface area contributed by atoms with Crippen molar-refractivity contribution in [3.8, 4) is 5.75 Å². The van der Waals surface area contributed by atoms with Crippen LogP contribution in [0.4, 0.5) is 28.9 Å². The summed E-state index contributed by atoms with van der Waals surface area (Å²) in [4.78, 5) is 12.8. The molecule has 0 aliphatic carbocycles. The molecule has 0 saturated carbocycles. The maximum absolute atomic E-state index is 13.5. The number of methoxy groups -OCH3 is 1. The van der Waals surface area contributed by atoms with Crippen LogP contribution in [0.3, 0.4) is 0 Å². The highest BCUT2D eigenvalue weighted by Gasteiger charge is 2.25. The van der Waals surface area contributed by atoms with E-state index >= 15 is 0 Å². The normalized spacial score (nSPS) is 12.1. The molecule has 0 saturated heterocycles. The lowest BCUT2D eigenvalue weighted by atomic mass is 10.1. The number of anilines is 2. The van der Waals surface area contributed by atoms with Crippen molar-refractivity contribution in [2.75, 3.05) is 17.7 Å². The van der Waals surface area contributed by atoms with Crippen molar-refractivity contribution in [2.24, 2.45) is 0 Å². The van der Waals surface area contributed by atoms with Gasteiger partial charge in [0.15, 0.2) is 0 Å². The van der Waals surface area contributed by atoms with Crippen LogP contribution < -0.4 is 15.4 Å². The van der Waals surface area contributed by atoms with Crippen molar-refractivity contribution in [1.82, 2.24) is 0 Å². The van der Waals surface area contributed by atoms with Gasteiger partial charge in [0.1, 0.15) is 11.3 Å². The summed E-state index contributed by atoms with van der Waals surface area (Å²) in [5, 5.41) is 13.2. The van der Waals surface area contributed by atoms with Crippen LogP contribution in [0.2, 0.25) is 0 Å². The van der Waals surface area contributed by atoms with Gasteiger partial charge in [-0.05, 0) is 43.3 Å². The van der Waals surface area contributed by atoms with Crippen LogP contribution in [-0.2, 0) is 15.5 Å². The van der Waals surface area contributed by atoms with Crippen LogP contribution in [0.25, 0.3) is 0 Å². The molecular formula is C21H21F4N3O3. The molecule has 0 heterocycles. The molecule has 0 atom stereocenters. The summed E-state index contributed by atoms with van der Waals surface area (Å²) in [6.45, 7) is -0.868. The first kappa shape index (κ1) is 23.7. The third-order valence-electron chi connectivity index (χ3n) is 4.00. The van der Waals surface area contributed by atoms with Crippen molar-refractivity contribution in [3.05, 3.63) is 65.6 Å². The lowest BCUT2D eigenvalue weighted by molar-refractivity contribution is -0.112. The van der Waals surface area contributed by atoms with E-state index in [1.807, 2.05) is 0 Å². The molecule has 0 aromatic heterocycles. The second-order valence-corrected chi connectivity index (χ2v) is 6.48. The zero-order valence-corrected chi connectivity index (χ0v) is 16.9. The van der Waals surface area contributed by atoms with Crippen LogP contribution in [0.15, 0.2) is 60.0 Å². The Morgan fingerprint density at radius 1 is 1.06 bits per heavy atom. The highest BCUT2D eigenvalue weighted by Crippen LogP contribution is 2.29. The Labute approximate surface area is 176 Å². The minimum Gasteiger partial charge on any atom is -0.482 e. The number of amides is 1. The van der Waals surface area contributed by atoms with Gasteiger partial charge in [-0.3, -0.25) is 4.79 Å². The Kier molecular flexibility index (Phi) is 7.62. The third-order valence-corrected chi connectivity index (χ3v) is 4.00. The van der Waals surface area contributed by atoms with Gasteiger partial charge in [-0.15, -0.1) is 0 Å². The van der Waals surface area contributed by atoms with Gasteiger partial charge in [-0.25, -0.2) is 8.78 Å². The molecule has 0 aliphatic rings. The first-order valence-corrected chi connectivity index (χ1v) is 8.96. The highest BCUT2D eigenvalue weighted by molar-refractivity contribution is 6.24. The SMILES string of the molecule is CO/C(Nc1ccc(OC(F)F)cc1)=C(/C(C)=N)C(=O)Nc1cccc(C(C)(F)F)c1. The number of ether oxygens (including phenoxy) is 2. The minimum atomic E-state index is -3.09. The number of carbonyl (C=O) groups is 1. The average Bonchev–Trinajstić information content (AvgIpc) is 2.67. The summed E-state index contributed by atoms with van der Waals surface area (Å²) in [6.07, 6.45) is 0. The number of alkyl halides is 4. The number of carbonyl (C=O) groups excluding carboxylic acids is 1. The quantitative estimate of drug-likeness (QED) is 0.213. The van der Waals surface area contributed by atoms with Crippen molar-refractivity contribution >= 4 is 23.0 Å². The number of rotatable bonds is 9. The van der Waals surface area contributed by atoms with E-state index in [1.165, 1.54) is 56.5 Å². The van der Waals surface area contributed by atoms with E-state index < -0.39 is 18.4 Å². The summed E-state index contributed by atoms with van der Waals surface area (Å²) >= 11 is 0. The standard InChI is InChI=1S/C21H21F4N3O3/c1-12(26)17(18(29)27-15-6-4-5-13(11-15)21(2,24)25)19(30-3)28-14-7-9-16(10-8-14)31-20(22)23/h4-11,20,26,28H,1-3H3,(H,27,29)/b19-17-,26-12?. The first-order valence-electron chi connectivity index (χ1n) is 8.96. The number of nitrogens with one attached hydrogen (secondary N) is 3. The van der Waals surface area contributed by atoms with E-state index in [-0.39, 0.29) is 34.2 Å². The monoisotopic (exact) mass is 439 g/mol. The zero-order valence-electron chi connectivity index (χ0n) is 16.9. The maximum atomic E-state index is 13.5. The fourth-order valence-corrected chi connectivity index (χ4v) is 2.57. The van der Waals surface area contributed by atoms with E-state index in [4.69, 9.17) is 10.1 Å². The van der Waals surface area contributed by atoms with Gasteiger partial charge in [0.05, 0.1) is 7.11 Å². The second kappa shape index (κ2) is 9.96. The van der Waals surface area contributed by atoms with Gasteiger partial charge in [-0.2, -0.15) is 8.78 Å².